The summed E-state index contributed by atoms with van der Waals surface area (Å²) in [7, 11) is 1.65. The lowest BCUT2D eigenvalue weighted by Gasteiger charge is -2.11. The summed E-state index contributed by atoms with van der Waals surface area (Å²) >= 11 is 0. The minimum Gasteiger partial charge on any atom is -0.493 e. The topological polar surface area (TPSA) is 34.2 Å². The average molecular weight is 269 g/mol. The second kappa shape index (κ2) is 6.66. The molecule has 1 aromatic heterocycles. The van der Waals surface area contributed by atoms with E-state index in [-0.39, 0.29) is 0 Å². The minimum atomic E-state index is 0.522. The molecule has 0 bridgehead atoms. The number of rotatable bonds is 6. The van der Waals surface area contributed by atoms with E-state index in [1.165, 1.54) is 0 Å². The smallest absolute Gasteiger partial charge is 0.162 e. The molecule has 0 aliphatic rings. The Morgan fingerprint density at radius 1 is 1.30 bits per heavy atom. The van der Waals surface area contributed by atoms with Gasteiger partial charge in [-0.05, 0) is 24.6 Å². The molecule has 2 rings (SSSR count). The van der Waals surface area contributed by atoms with Gasteiger partial charge in [0.2, 0.25) is 0 Å². The van der Waals surface area contributed by atoms with Crippen LogP contribution in [0.5, 0.6) is 11.5 Å². The summed E-state index contributed by atoms with van der Waals surface area (Å²) in [5, 5.41) is 1.11. The van der Waals surface area contributed by atoms with E-state index in [9.17, 15) is 0 Å². The minimum absolute atomic E-state index is 0.522. The van der Waals surface area contributed by atoms with Crippen molar-refractivity contribution in [3.8, 4) is 11.5 Å². The molecule has 3 nitrogen and oxygen atoms in total. The summed E-state index contributed by atoms with van der Waals surface area (Å²) in [4.78, 5) is 3.16. The van der Waals surface area contributed by atoms with Gasteiger partial charge >= 0.3 is 0 Å². The molecule has 0 atom stereocenters. The standard InChI is InChI=1S/C17H19NO2/c1-4-5-6-7-13(2)12-20-17-10-14-8-9-18-15(14)11-16(17)19-3/h4-11,18H,1,12H2,2-3H3. The number of aromatic amines is 1. The van der Waals surface area contributed by atoms with Crippen molar-refractivity contribution in [2.24, 2.45) is 0 Å². The number of benzene rings is 1. The molecule has 1 N–H and O–H groups in total. The van der Waals surface area contributed by atoms with Crippen molar-refractivity contribution in [2.75, 3.05) is 13.7 Å². The van der Waals surface area contributed by atoms with Gasteiger partial charge in [0.15, 0.2) is 11.5 Å². The zero-order chi connectivity index (χ0) is 14.4. The third-order valence-electron chi connectivity index (χ3n) is 2.92. The van der Waals surface area contributed by atoms with Gasteiger partial charge in [0, 0.05) is 23.2 Å². The molecule has 1 aromatic carbocycles. The lowest BCUT2D eigenvalue weighted by molar-refractivity contribution is 0.320. The highest BCUT2D eigenvalue weighted by Crippen LogP contribution is 2.32. The zero-order valence-electron chi connectivity index (χ0n) is 11.8. The fraction of sp³-hybridized carbons (Fsp3) is 0.176. The van der Waals surface area contributed by atoms with Gasteiger partial charge in [0.05, 0.1) is 7.11 Å². The maximum Gasteiger partial charge on any atom is 0.162 e. The second-order valence-electron chi connectivity index (χ2n) is 4.49. The molecule has 1 heterocycles. The maximum absolute atomic E-state index is 5.83. The van der Waals surface area contributed by atoms with Crippen molar-refractivity contribution >= 4 is 10.9 Å². The predicted octanol–water partition coefficient (Wildman–Crippen LogP) is 4.24. The molecule has 0 fully saturated rings. The third kappa shape index (κ3) is 3.32. The molecule has 0 radical (unpaired) electrons. The number of allylic oxidation sites excluding steroid dienone is 4. The molecule has 20 heavy (non-hydrogen) atoms. The average Bonchev–Trinajstić information content (AvgIpc) is 2.91. The molecule has 0 saturated carbocycles. The lowest BCUT2D eigenvalue weighted by Crippen LogP contribution is -2.00. The Morgan fingerprint density at radius 3 is 2.90 bits per heavy atom. The molecule has 0 amide bonds. The van der Waals surface area contributed by atoms with E-state index in [4.69, 9.17) is 9.47 Å². The normalized spacial score (nSPS) is 12.0. The fourth-order valence-electron chi connectivity index (χ4n) is 1.87. The van der Waals surface area contributed by atoms with Gasteiger partial charge in [-0.3, -0.25) is 0 Å². The van der Waals surface area contributed by atoms with Gasteiger partial charge < -0.3 is 14.5 Å². The second-order valence-corrected chi connectivity index (χ2v) is 4.49. The Bertz CT molecular complexity index is 650. The largest absolute Gasteiger partial charge is 0.493 e. The number of fused-ring (bicyclic) bond motifs is 1. The van der Waals surface area contributed by atoms with Gasteiger partial charge in [0.1, 0.15) is 6.61 Å². The number of H-pyrrole nitrogens is 1. The molecule has 104 valence electrons. The number of aromatic nitrogens is 1. The number of methoxy groups -OCH3 is 1. The number of hydrogen-bond donors (Lipinski definition) is 1. The van der Waals surface area contributed by atoms with Crippen LogP contribution < -0.4 is 9.47 Å². The van der Waals surface area contributed by atoms with Crippen LogP contribution in [0.1, 0.15) is 6.92 Å². The summed E-state index contributed by atoms with van der Waals surface area (Å²) in [6, 6.07) is 5.94. The summed E-state index contributed by atoms with van der Waals surface area (Å²) in [5.41, 5.74) is 2.16. The summed E-state index contributed by atoms with van der Waals surface area (Å²) in [5.74, 6) is 1.48. The molecule has 0 saturated heterocycles. The Hall–Kier alpha value is -2.42. The van der Waals surface area contributed by atoms with E-state index in [1.54, 1.807) is 13.2 Å². The van der Waals surface area contributed by atoms with Crippen molar-refractivity contribution in [1.29, 1.82) is 0 Å². The van der Waals surface area contributed by atoms with E-state index < -0.39 is 0 Å². The highest BCUT2D eigenvalue weighted by atomic mass is 16.5. The molecule has 3 heteroatoms. The Kier molecular flexibility index (Phi) is 4.66. The Morgan fingerprint density at radius 2 is 2.15 bits per heavy atom. The molecular formula is C17H19NO2. The van der Waals surface area contributed by atoms with Crippen LogP contribution >= 0.6 is 0 Å². The van der Waals surface area contributed by atoms with Gasteiger partial charge in [-0.2, -0.15) is 0 Å². The van der Waals surface area contributed by atoms with E-state index in [1.807, 2.05) is 49.5 Å². The van der Waals surface area contributed by atoms with Crippen LogP contribution in [-0.4, -0.2) is 18.7 Å². The SMILES string of the molecule is C=CC=CC=C(C)COc1cc2cc[nH]c2cc1OC. The third-order valence-corrected chi connectivity index (χ3v) is 2.92. The van der Waals surface area contributed by atoms with E-state index >= 15 is 0 Å². The van der Waals surface area contributed by atoms with Crippen molar-refractivity contribution in [1.82, 2.24) is 4.98 Å². The molecule has 0 spiro atoms. The van der Waals surface area contributed by atoms with Crippen molar-refractivity contribution < 1.29 is 9.47 Å². The van der Waals surface area contributed by atoms with Crippen molar-refractivity contribution in [3.05, 3.63) is 60.9 Å². The van der Waals surface area contributed by atoms with Gasteiger partial charge in [-0.1, -0.05) is 30.9 Å². The van der Waals surface area contributed by atoms with Crippen LogP contribution in [0.15, 0.2) is 60.9 Å². The highest BCUT2D eigenvalue weighted by molar-refractivity contribution is 5.83. The van der Waals surface area contributed by atoms with Gasteiger partial charge in [-0.15, -0.1) is 0 Å². The summed E-state index contributed by atoms with van der Waals surface area (Å²) < 4.78 is 11.2. The number of hydrogen-bond acceptors (Lipinski definition) is 2. The predicted molar refractivity (Wildman–Crippen MR) is 83.4 cm³/mol. The first-order valence-electron chi connectivity index (χ1n) is 6.47. The summed E-state index contributed by atoms with van der Waals surface area (Å²) in [6.07, 6.45) is 9.48. The molecule has 0 aliphatic carbocycles. The summed E-state index contributed by atoms with van der Waals surface area (Å²) in [6.45, 7) is 6.17. The first kappa shape index (κ1) is 14.0. The van der Waals surface area contributed by atoms with Crippen LogP contribution in [0.2, 0.25) is 0 Å². The van der Waals surface area contributed by atoms with Crippen LogP contribution in [0.3, 0.4) is 0 Å². The zero-order valence-corrected chi connectivity index (χ0v) is 11.8. The van der Waals surface area contributed by atoms with Crippen molar-refractivity contribution in [2.45, 2.75) is 6.92 Å². The molecule has 0 aliphatic heterocycles. The lowest BCUT2D eigenvalue weighted by atomic mass is 10.2. The van der Waals surface area contributed by atoms with Crippen LogP contribution in [0, 0.1) is 0 Å². The molecular weight excluding hydrogens is 250 g/mol. The Balaban J connectivity index is 2.14. The highest BCUT2D eigenvalue weighted by Gasteiger charge is 2.07. The van der Waals surface area contributed by atoms with E-state index in [0.29, 0.717) is 6.61 Å². The van der Waals surface area contributed by atoms with Gasteiger partial charge in [0.25, 0.3) is 0 Å². The van der Waals surface area contributed by atoms with Crippen LogP contribution in [0.4, 0.5) is 0 Å². The first-order valence-corrected chi connectivity index (χ1v) is 6.47. The number of nitrogens with one attached hydrogen (secondary N) is 1. The fourth-order valence-corrected chi connectivity index (χ4v) is 1.87. The quantitative estimate of drug-likeness (QED) is 0.796. The van der Waals surface area contributed by atoms with Crippen LogP contribution in [-0.2, 0) is 0 Å². The molecule has 0 unspecified atom stereocenters. The Labute approximate surface area is 119 Å². The monoisotopic (exact) mass is 269 g/mol. The van der Waals surface area contributed by atoms with Crippen LogP contribution in [0.25, 0.3) is 10.9 Å². The number of ether oxygens (including phenoxy) is 2. The first-order chi connectivity index (χ1) is 9.74. The van der Waals surface area contributed by atoms with E-state index in [2.05, 4.69) is 11.6 Å². The van der Waals surface area contributed by atoms with Crippen molar-refractivity contribution in [3.63, 3.8) is 0 Å². The maximum atomic E-state index is 5.83. The molecule has 2 aromatic rings. The van der Waals surface area contributed by atoms with E-state index in [0.717, 1.165) is 28.0 Å². The van der Waals surface area contributed by atoms with Gasteiger partial charge in [-0.25, -0.2) is 0 Å².